The van der Waals surface area contributed by atoms with Gasteiger partial charge in [0, 0.05) is 0 Å². The molecule has 0 aliphatic rings. The van der Waals surface area contributed by atoms with Gasteiger partial charge in [0.2, 0.25) is 0 Å². The van der Waals surface area contributed by atoms with Crippen LogP contribution in [0, 0.1) is 29.6 Å². The topological polar surface area (TPSA) is 47.6 Å². The van der Waals surface area contributed by atoms with Crippen LogP contribution in [0.1, 0.15) is 16.7 Å². The molecule has 0 saturated carbocycles. The molecule has 0 fully saturated rings. The van der Waals surface area contributed by atoms with Crippen molar-refractivity contribution in [1.29, 1.82) is 10.5 Å². The van der Waals surface area contributed by atoms with Crippen LogP contribution in [0.5, 0.6) is 0 Å². The Morgan fingerprint density at radius 3 is 2.18 bits per heavy atom. The zero-order valence-electron chi connectivity index (χ0n) is 9.44. The summed E-state index contributed by atoms with van der Waals surface area (Å²) in [6, 6.07) is 17.3. The Morgan fingerprint density at radius 1 is 0.882 bits per heavy atom. The number of hydrogen-bond donors (Lipinski definition) is 0. The van der Waals surface area contributed by atoms with Crippen LogP contribution in [0.2, 0.25) is 0 Å². The van der Waals surface area contributed by atoms with Gasteiger partial charge in [-0.05, 0) is 41.8 Å². The zero-order chi connectivity index (χ0) is 12.3. The van der Waals surface area contributed by atoms with Crippen molar-refractivity contribution in [1.82, 2.24) is 0 Å². The molecule has 0 saturated heterocycles. The van der Waals surface area contributed by atoms with Crippen LogP contribution in [-0.2, 0) is 0 Å². The Kier molecular flexibility index (Phi) is 2.90. The maximum atomic E-state index is 9.10. The summed E-state index contributed by atoms with van der Waals surface area (Å²) in [6.07, 6.45) is 0. The lowest BCUT2D eigenvalue weighted by atomic mass is 9.98. The second-order valence-electron chi connectivity index (χ2n) is 3.85. The van der Waals surface area contributed by atoms with E-state index in [1.807, 2.05) is 37.3 Å². The van der Waals surface area contributed by atoms with Gasteiger partial charge in [0.1, 0.15) is 0 Å². The molecule has 2 heteroatoms. The Balaban J connectivity index is 2.54. The molecule has 0 aliphatic heterocycles. The van der Waals surface area contributed by atoms with Gasteiger partial charge < -0.3 is 0 Å². The van der Waals surface area contributed by atoms with Gasteiger partial charge in [0.05, 0.1) is 23.3 Å². The Morgan fingerprint density at radius 2 is 1.59 bits per heavy atom. The number of nitriles is 2. The Hall–Kier alpha value is -2.58. The van der Waals surface area contributed by atoms with Crippen LogP contribution < -0.4 is 0 Å². The molecule has 0 atom stereocenters. The third kappa shape index (κ3) is 2.17. The number of benzene rings is 2. The van der Waals surface area contributed by atoms with E-state index < -0.39 is 0 Å². The molecular formula is C15H10N2. The summed E-state index contributed by atoms with van der Waals surface area (Å²) in [5, 5.41) is 17.8. The zero-order valence-corrected chi connectivity index (χ0v) is 9.44. The fourth-order valence-corrected chi connectivity index (χ4v) is 1.73. The second kappa shape index (κ2) is 4.51. The monoisotopic (exact) mass is 218 g/mol. The van der Waals surface area contributed by atoms with Crippen molar-refractivity contribution in [3.8, 4) is 23.3 Å². The molecule has 0 radical (unpaired) electrons. The first kappa shape index (κ1) is 10.9. The van der Waals surface area contributed by atoms with Crippen molar-refractivity contribution < 1.29 is 0 Å². The van der Waals surface area contributed by atoms with Crippen LogP contribution >= 0.6 is 0 Å². The molecule has 17 heavy (non-hydrogen) atoms. The van der Waals surface area contributed by atoms with Crippen molar-refractivity contribution in [2.24, 2.45) is 0 Å². The number of rotatable bonds is 1. The van der Waals surface area contributed by atoms with E-state index in [2.05, 4.69) is 12.1 Å². The molecular weight excluding hydrogens is 208 g/mol. The Labute approximate surface area is 100 Å². The van der Waals surface area contributed by atoms with E-state index in [0.717, 1.165) is 16.7 Å². The molecule has 2 nitrogen and oxygen atoms in total. The first-order valence-corrected chi connectivity index (χ1v) is 5.26. The molecule has 2 aromatic rings. The second-order valence-corrected chi connectivity index (χ2v) is 3.85. The van der Waals surface area contributed by atoms with Crippen molar-refractivity contribution in [2.45, 2.75) is 6.92 Å². The number of hydrogen-bond acceptors (Lipinski definition) is 2. The minimum absolute atomic E-state index is 0.624. The highest BCUT2D eigenvalue weighted by atomic mass is 14.3. The summed E-state index contributed by atoms with van der Waals surface area (Å²) in [6.45, 7) is 1.96. The molecule has 0 bridgehead atoms. The number of nitrogens with zero attached hydrogens (tertiary/aromatic N) is 2. The first-order valence-electron chi connectivity index (χ1n) is 5.26. The predicted molar refractivity (Wildman–Crippen MR) is 66.0 cm³/mol. The lowest BCUT2D eigenvalue weighted by Gasteiger charge is -2.05. The molecule has 0 spiro atoms. The summed E-state index contributed by atoms with van der Waals surface area (Å²) >= 11 is 0. The summed E-state index contributed by atoms with van der Waals surface area (Å²) in [7, 11) is 0. The van der Waals surface area contributed by atoms with Crippen LogP contribution in [0.4, 0.5) is 0 Å². The summed E-state index contributed by atoms with van der Waals surface area (Å²) < 4.78 is 0. The lowest BCUT2D eigenvalue weighted by molar-refractivity contribution is 1.41. The van der Waals surface area contributed by atoms with Gasteiger partial charge in [-0.25, -0.2) is 0 Å². The molecule has 0 heterocycles. The molecule has 80 valence electrons. The SMILES string of the molecule is Cc1ccc(-c2ccc(C#N)cc2)c(C#N)c1. The van der Waals surface area contributed by atoms with E-state index in [4.69, 9.17) is 10.5 Å². The Bertz CT molecular complexity index is 625. The molecule has 2 aromatic carbocycles. The smallest absolute Gasteiger partial charge is 0.0998 e. The van der Waals surface area contributed by atoms with Crippen LogP contribution in [0.15, 0.2) is 42.5 Å². The van der Waals surface area contributed by atoms with E-state index in [1.54, 1.807) is 12.1 Å². The fraction of sp³-hybridized carbons (Fsp3) is 0.0667. The average molecular weight is 218 g/mol. The lowest BCUT2D eigenvalue weighted by Crippen LogP contribution is -1.86. The van der Waals surface area contributed by atoms with Crippen molar-refractivity contribution in [3.63, 3.8) is 0 Å². The third-order valence-electron chi connectivity index (χ3n) is 2.62. The van der Waals surface area contributed by atoms with Gasteiger partial charge in [-0.15, -0.1) is 0 Å². The molecule has 0 N–H and O–H groups in total. The van der Waals surface area contributed by atoms with E-state index in [0.29, 0.717) is 11.1 Å². The van der Waals surface area contributed by atoms with Gasteiger partial charge in [0.25, 0.3) is 0 Å². The standard InChI is InChI=1S/C15H10N2/c1-11-2-7-15(14(8-11)10-17)13-5-3-12(9-16)4-6-13/h2-8H,1H3. The largest absolute Gasteiger partial charge is 0.192 e. The maximum absolute atomic E-state index is 9.10. The van der Waals surface area contributed by atoms with Gasteiger partial charge >= 0.3 is 0 Å². The maximum Gasteiger partial charge on any atom is 0.0998 e. The predicted octanol–water partition coefficient (Wildman–Crippen LogP) is 3.41. The van der Waals surface area contributed by atoms with Crippen molar-refractivity contribution >= 4 is 0 Å². The highest BCUT2D eigenvalue weighted by Crippen LogP contribution is 2.24. The van der Waals surface area contributed by atoms with Gasteiger partial charge in [-0.1, -0.05) is 24.3 Å². The molecule has 0 unspecified atom stereocenters. The van der Waals surface area contributed by atoms with Crippen molar-refractivity contribution in [3.05, 3.63) is 59.2 Å². The van der Waals surface area contributed by atoms with Gasteiger partial charge in [0.15, 0.2) is 0 Å². The highest BCUT2D eigenvalue weighted by molar-refractivity contribution is 5.71. The normalized spacial score (nSPS) is 9.35. The summed E-state index contributed by atoms with van der Waals surface area (Å²) in [4.78, 5) is 0. The van der Waals surface area contributed by atoms with E-state index in [-0.39, 0.29) is 0 Å². The van der Waals surface area contributed by atoms with E-state index in [9.17, 15) is 0 Å². The fourth-order valence-electron chi connectivity index (χ4n) is 1.73. The molecule has 2 rings (SSSR count). The van der Waals surface area contributed by atoms with Gasteiger partial charge in [-0.2, -0.15) is 10.5 Å². The molecule has 0 aliphatic carbocycles. The number of aryl methyl sites for hydroxylation is 1. The summed E-state index contributed by atoms with van der Waals surface area (Å²) in [5.74, 6) is 0. The molecule has 0 aromatic heterocycles. The molecule has 0 amide bonds. The van der Waals surface area contributed by atoms with Crippen LogP contribution in [0.25, 0.3) is 11.1 Å². The van der Waals surface area contributed by atoms with Crippen LogP contribution in [0.3, 0.4) is 0 Å². The third-order valence-corrected chi connectivity index (χ3v) is 2.62. The van der Waals surface area contributed by atoms with E-state index >= 15 is 0 Å². The summed E-state index contributed by atoms with van der Waals surface area (Å²) in [5.41, 5.74) is 4.22. The van der Waals surface area contributed by atoms with E-state index in [1.165, 1.54) is 0 Å². The van der Waals surface area contributed by atoms with Crippen molar-refractivity contribution in [2.75, 3.05) is 0 Å². The average Bonchev–Trinajstić information content (AvgIpc) is 2.39. The first-order chi connectivity index (χ1) is 8.24. The van der Waals surface area contributed by atoms with Crippen LogP contribution in [-0.4, -0.2) is 0 Å². The highest BCUT2D eigenvalue weighted by Gasteiger charge is 2.04. The van der Waals surface area contributed by atoms with Gasteiger partial charge in [-0.3, -0.25) is 0 Å². The minimum atomic E-state index is 0.624. The quantitative estimate of drug-likeness (QED) is 0.736. The minimum Gasteiger partial charge on any atom is -0.192 e.